The first-order chi connectivity index (χ1) is 12.1. The van der Waals surface area contributed by atoms with Crippen LogP contribution in [0, 0.1) is 12.7 Å². The van der Waals surface area contributed by atoms with Crippen molar-refractivity contribution < 1.29 is 9.18 Å². The number of hydrogen-bond acceptors (Lipinski definition) is 4. The zero-order valence-electron chi connectivity index (χ0n) is 14.5. The number of aryl methyl sites for hydroxylation is 1. The molecule has 1 fully saturated rings. The Hall–Kier alpha value is -2.50. The molecule has 3 rings (SSSR count). The summed E-state index contributed by atoms with van der Waals surface area (Å²) in [6.45, 7) is 4.28. The first-order valence-corrected chi connectivity index (χ1v) is 8.71. The smallest absolute Gasteiger partial charge is 0.224 e. The van der Waals surface area contributed by atoms with Crippen molar-refractivity contribution in [3.05, 3.63) is 53.2 Å². The highest BCUT2D eigenvalue weighted by Crippen LogP contribution is 2.18. The predicted octanol–water partition coefficient (Wildman–Crippen LogP) is 2.77. The zero-order valence-corrected chi connectivity index (χ0v) is 14.5. The van der Waals surface area contributed by atoms with Crippen molar-refractivity contribution >= 4 is 11.7 Å². The number of hydrogen-bond donors (Lipinski definition) is 1. The Morgan fingerprint density at radius 3 is 2.60 bits per heavy atom. The molecule has 0 saturated carbocycles. The van der Waals surface area contributed by atoms with Crippen molar-refractivity contribution in [3.63, 3.8) is 0 Å². The first-order valence-electron chi connectivity index (χ1n) is 8.71. The Bertz CT molecular complexity index is 727. The fourth-order valence-corrected chi connectivity index (χ4v) is 3.00. The van der Waals surface area contributed by atoms with Crippen LogP contribution >= 0.6 is 0 Å². The van der Waals surface area contributed by atoms with Crippen LogP contribution in [-0.4, -0.2) is 29.0 Å². The van der Waals surface area contributed by atoms with E-state index in [1.54, 1.807) is 12.1 Å². The molecule has 1 saturated heterocycles. The van der Waals surface area contributed by atoms with Gasteiger partial charge in [0.25, 0.3) is 0 Å². The van der Waals surface area contributed by atoms with Crippen molar-refractivity contribution in [2.75, 3.05) is 18.0 Å². The van der Waals surface area contributed by atoms with Gasteiger partial charge >= 0.3 is 0 Å². The number of amides is 1. The molecule has 6 heteroatoms. The molecule has 1 aromatic carbocycles. The van der Waals surface area contributed by atoms with Gasteiger partial charge in [-0.1, -0.05) is 12.1 Å². The summed E-state index contributed by atoms with van der Waals surface area (Å²) in [5.74, 6) is 1.13. The third-order valence-corrected chi connectivity index (χ3v) is 4.29. The SMILES string of the molecule is Cc1cc(N2CCCCC2)nc(CNC(=O)Cc2ccc(F)cc2)n1. The Balaban J connectivity index is 1.59. The molecular formula is C19H23FN4O. The molecule has 1 N–H and O–H groups in total. The standard InChI is InChI=1S/C19H23FN4O/c1-14-11-18(24-9-3-2-4-10-24)23-17(22-14)13-21-19(25)12-15-5-7-16(20)8-6-15/h5-8,11H,2-4,9-10,12-13H2,1H3,(H,21,25). The summed E-state index contributed by atoms with van der Waals surface area (Å²) < 4.78 is 12.9. The number of piperidine rings is 1. The lowest BCUT2D eigenvalue weighted by molar-refractivity contribution is -0.120. The summed E-state index contributed by atoms with van der Waals surface area (Å²) in [5.41, 5.74) is 1.68. The van der Waals surface area contributed by atoms with Crippen molar-refractivity contribution in [2.24, 2.45) is 0 Å². The van der Waals surface area contributed by atoms with Gasteiger partial charge in [-0.15, -0.1) is 0 Å². The number of rotatable bonds is 5. The van der Waals surface area contributed by atoms with Crippen LogP contribution in [0.2, 0.25) is 0 Å². The van der Waals surface area contributed by atoms with Crippen molar-refractivity contribution in [2.45, 2.75) is 39.2 Å². The number of nitrogens with one attached hydrogen (secondary N) is 1. The Morgan fingerprint density at radius 1 is 1.16 bits per heavy atom. The summed E-state index contributed by atoms with van der Waals surface area (Å²) in [7, 11) is 0. The monoisotopic (exact) mass is 342 g/mol. The van der Waals surface area contributed by atoms with E-state index in [-0.39, 0.29) is 18.1 Å². The van der Waals surface area contributed by atoms with E-state index < -0.39 is 0 Å². The number of nitrogens with zero attached hydrogens (tertiary/aromatic N) is 3. The molecule has 2 heterocycles. The maximum Gasteiger partial charge on any atom is 0.224 e. The second-order valence-electron chi connectivity index (χ2n) is 6.41. The highest BCUT2D eigenvalue weighted by atomic mass is 19.1. The van der Waals surface area contributed by atoms with Gasteiger partial charge < -0.3 is 10.2 Å². The van der Waals surface area contributed by atoms with Crippen molar-refractivity contribution in [3.8, 4) is 0 Å². The van der Waals surface area contributed by atoms with Crippen LogP contribution in [0.15, 0.2) is 30.3 Å². The maximum absolute atomic E-state index is 12.9. The van der Waals surface area contributed by atoms with Gasteiger partial charge in [-0.3, -0.25) is 4.79 Å². The highest BCUT2D eigenvalue weighted by Gasteiger charge is 2.14. The Kier molecular flexibility index (Phi) is 5.58. The summed E-state index contributed by atoms with van der Waals surface area (Å²) in [6.07, 6.45) is 3.86. The normalized spacial score (nSPS) is 14.4. The van der Waals surface area contributed by atoms with Gasteiger partial charge in [0.15, 0.2) is 0 Å². The number of carbonyl (C=O) groups excluding carboxylic acids is 1. The summed E-state index contributed by atoms with van der Waals surface area (Å²) in [5, 5.41) is 2.84. The summed E-state index contributed by atoms with van der Waals surface area (Å²) in [6, 6.07) is 7.95. The zero-order chi connectivity index (χ0) is 17.6. The van der Waals surface area contributed by atoms with E-state index in [1.165, 1.54) is 31.4 Å². The molecule has 2 aromatic rings. The summed E-state index contributed by atoms with van der Waals surface area (Å²) in [4.78, 5) is 23.4. The van der Waals surface area contributed by atoms with E-state index in [2.05, 4.69) is 20.2 Å². The Morgan fingerprint density at radius 2 is 1.88 bits per heavy atom. The van der Waals surface area contributed by atoms with E-state index in [4.69, 9.17) is 0 Å². The minimum absolute atomic E-state index is 0.128. The van der Waals surface area contributed by atoms with Gasteiger partial charge in [0.2, 0.25) is 5.91 Å². The average Bonchev–Trinajstić information content (AvgIpc) is 2.62. The van der Waals surface area contributed by atoms with Crippen LogP contribution in [0.25, 0.3) is 0 Å². The molecule has 25 heavy (non-hydrogen) atoms. The molecule has 0 spiro atoms. The van der Waals surface area contributed by atoms with Gasteiger partial charge in [0, 0.05) is 24.8 Å². The Labute approximate surface area is 147 Å². The molecule has 1 amide bonds. The fourth-order valence-electron chi connectivity index (χ4n) is 3.00. The molecule has 132 valence electrons. The topological polar surface area (TPSA) is 58.1 Å². The van der Waals surface area contributed by atoms with Crippen LogP contribution in [0.5, 0.6) is 0 Å². The van der Waals surface area contributed by atoms with E-state index in [9.17, 15) is 9.18 Å². The molecule has 1 aliphatic heterocycles. The number of anilines is 1. The number of benzene rings is 1. The molecule has 0 atom stereocenters. The average molecular weight is 342 g/mol. The number of carbonyl (C=O) groups is 1. The lowest BCUT2D eigenvalue weighted by Crippen LogP contribution is -2.31. The molecule has 5 nitrogen and oxygen atoms in total. The summed E-state index contributed by atoms with van der Waals surface area (Å²) >= 11 is 0. The molecule has 1 aromatic heterocycles. The minimum Gasteiger partial charge on any atom is -0.357 e. The highest BCUT2D eigenvalue weighted by molar-refractivity contribution is 5.78. The number of aromatic nitrogens is 2. The molecule has 0 bridgehead atoms. The lowest BCUT2D eigenvalue weighted by atomic mass is 10.1. The first kappa shape index (κ1) is 17.3. The van der Waals surface area contributed by atoms with Crippen LogP contribution in [-0.2, 0) is 17.8 Å². The van der Waals surface area contributed by atoms with E-state index in [0.717, 1.165) is 30.2 Å². The van der Waals surface area contributed by atoms with Crippen LogP contribution in [0.4, 0.5) is 10.2 Å². The van der Waals surface area contributed by atoms with Gasteiger partial charge in [-0.05, 0) is 43.9 Å². The van der Waals surface area contributed by atoms with Gasteiger partial charge in [0.1, 0.15) is 17.5 Å². The largest absolute Gasteiger partial charge is 0.357 e. The van der Waals surface area contributed by atoms with Gasteiger partial charge in [-0.25, -0.2) is 14.4 Å². The van der Waals surface area contributed by atoms with Crippen LogP contribution in [0.3, 0.4) is 0 Å². The van der Waals surface area contributed by atoms with Gasteiger partial charge in [-0.2, -0.15) is 0 Å². The quantitative estimate of drug-likeness (QED) is 0.908. The lowest BCUT2D eigenvalue weighted by Gasteiger charge is -2.28. The predicted molar refractivity (Wildman–Crippen MR) is 94.8 cm³/mol. The fraction of sp³-hybridized carbons (Fsp3) is 0.421. The van der Waals surface area contributed by atoms with Gasteiger partial charge in [0.05, 0.1) is 13.0 Å². The van der Waals surface area contributed by atoms with E-state index >= 15 is 0 Å². The van der Waals surface area contributed by atoms with Crippen molar-refractivity contribution in [1.29, 1.82) is 0 Å². The maximum atomic E-state index is 12.9. The molecular weight excluding hydrogens is 319 g/mol. The minimum atomic E-state index is -0.303. The third-order valence-electron chi connectivity index (χ3n) is 4.29. The second-order valence-corrected chi connectivity index (χ2v) is 6.41. The van der Waals surface area contributed by atoms with E-state index in [0.29, 0.717) is 12.4 Å². The van der Waals surface area contributed by atoms with Crippen LogP contribution in [0.1, 0.15) is 36.3 Å². The molecule has 0 unspecified atom stereocenters. The van der Waals surface area contributed by atoms with Crippen LogP contribution < -0.4 is 10.2 Å². The van der Waals surface area contributed by atoms with E-state index in [1.807, 2.05) is 13.0 Å². The van der Waals surface area contributed by atoms with Crippen molar-refractivity contribution in [1.82, 2.24) is 15.3 Å². The third kappa shape index (κ3) is 4.98. The number of halogens is 1. The molecule has 1 aliphatic rings. The second kappa shape index (κ2) is 8.05. The molecule has 0 aliphatic carbocycles. The molecule has 0 radical (unpaired) electrons.